The number of unbranched alkanes of at least 4 members (excludes halogenated alkanes) is 28. The van der Waals surface area contributed by atoms with Crippen molar-refractivity contribution in [3.05, 3.63) is 70.8 Å². The van der Waals surface area contributed by atoms with Gasteiger partial charge in [-0.05, 0) is 62.8 Å². The van der Waals surface area contributed by atoms with Crippen molar-refractivity contribution < 1.29 is 64.1 Å². The van der Waals surface area contributed by atoms with E-state index >= 15 is 0 Å². The van der Waals surface area contributed by atoms with Crippen molar-refractivity contribution in [3.63, 3.8) is 0 Å². The zero-order chi connectivity index (χ0) is 53.0. The van der Waals surface area contributed by atoms with Gasteiger partial charge >= 0.3 is 61.6 Å². The van der Waals surface area contributed by atoms with Crippen LogP contribution in [0.2, 0.25) is 0 Å². The molecule has 2 rings (SSSR count). The monoisotopic (exact) mass is 1090 g/mol. The fourth-order valence-corrected chi connectivity index (χ4v) is 9.12. The number of rotatable bonds is 44. The van der Waals surface area contributed by atoms with Crippen molar-refractivity contribution >= 4 is 81.9 Å². The molecule has 0 aliphatic heterocycles. The smallest absolute Gasteiger partial charge is 0.748 e. The largest absolute Gasteiger partial charge is 2.00 e. The number of carbonyl (C=O) groups excluding carboxylic acids is 4. The van der Waals surface area contributed by atoms with Gasteiger partial charge in [-0.25, -0.2) is 36.0 Å². The Hall–Kier alpha value is -2.60. The van der Waals surface area contributed by atoms with Crippen LogP contribution in [0.15, 0.2) is 48.5 Å². The van der Waals surface area contributed by atoms with Crippen LogP contribution in [0.3, 0.4) is 0 Å². The molecule has 0 heterocycles. The average molecular weight is 1090 g/mol. The third-order valence-corrected chi connectivity index (χ3v) is 13.8. The van der Waals surface area contributed by atoms with Gasteiger partial charge in [-0.3, -0.25) is 0 Å². The van der Waals surface area contributed by atoms with Crippen molar-refractivity contribution in [2.24, 2.45) is 0 Å². The molecule has 0 N–H and O–H groups in total. The standard InChI is InChI=1S/2C28H46O7S.Ca/c2*1-2-3-4-5-6-7-8-9-10-11-12-13-14-17-22-34-27(29)25-20-15-16-21-26(25)28(30)35-23-18-19-24-36(31,32)33;/h2*15-16,20-21H,2-14,17-19,22-24H2,1H3,(H,31,32,33);/q;;+2/p-2. The van der Waals surface area contributed by atoms with E-state index in [1.54, 1.807) is 24.3 Å². The summed E-state index contributed by atoms with van der Waals surface area (Å²) in [5.74, 6) is -3.46. The van der Waals surface area contributed by atoms with Gasteiger partial charge in [0.1, 0.15) is 0 Å². The van der Waals surface area contributed by atoms with E-state index in [2.05, 4.69) is 13.8 Å². The van der Waals surface area contributed by atoms with Gasteiger partial charge in [-0.15, -0.1) is 0 Å². The fraction of sp³-hybridized carbons (Fsp3) is 0.714. The maximum absolute atomic E-state index is 12.5. The first kappa shape index (κ1) is 70.4. The van der Waals surface area contributed by atoms with E-state index in [4.69, 9.17) is 18.9 Å². The van der Waals surface area contributed by atoms with Crippen molar-refractivity contribution in [3.8, 4) is 0 Å². The van der Waals surface area contributed by atoms with E-state index in [0.29, 0.717) is 13.2 Å². The zero-order valence-electron chi connectivity index (χ0n) is 44.7. The molecule has 2 aromatic rings. The molecule has 412 valence electrons. The van der Waals surface area contributed by atoms with E-state index < -0.39 is 55.6 Å². The first-order chi connectivity index (χ1) is 34.7. The van der Waals surface area contributed by atoms with Gasteiger partial charge in [-0.2, -0.15) is 0 Å². The third-order valence-electron chi connectivity index (χ3n) is 12.2. The van der Waals surface area contributed by atoms with E-state index in [1.165, 1.54) is 166 Å². The first-order valence-corrected chi connectivity index (χ1v) is 30.6. The number of hydrogen-bond donors (Lipinski definition) is 0. The van der Waals surface area contributed by atoms with Crippen molar-refractivity contribution in [1.29, 1.82) is 0 Å². The third kappa shape index (κ3) is 41.3. The van der Waals surface area contributed by atoms with Gasteiger partial charge in [0.2, 0.25) is 0 Å². The summed E-state index contributed by atoms with van der Waals surface area (Å²) in [6.45, 7) is 5.05. The molecule has 0 aliphatic rings. The molecule has 0 amide bonds. The minimum absolute atomic E-state index is 0. The Balaban J connectivity index is 0.00000140. The summed E-state index contributed by atoms with van der Waals surface area (Å²) < 4.78 is 84.6. The van der Waals surface area contributed by atoms with Gasteiger partial charge in [0.25, 0.3) is 0 Å². The molecule has 0 fully saturated rings. The van der Waals surface area contributed by atoms with Crippen LogP contribution in [0, 0.1) is 0 Å². The Labute approximate surface area is 470 Å². The van der Waals surface area contributed by atoms with Crippen LogP contribution in [0.25, 0.3) is 0 Å². The fourth-order valence-electron chi connectivity index (χ4n) is 8.00. The molecule has 0 unspecified atom stereocenters. The maximum atomic E-state index is 12.5. The summed E-state index contributed by atoms with van der Waals surface area (Å²) in [5.41, 5.74) is 0.518. The van der Waals surface area contributed by atoms with Crippen LogP contribution in [-0.2, 0) is 39.2 Å². The molecular weight excluding hydrogens is 1000 g/mol. The van der Waals surface area contributed by atoms with Gasteiger partial charge in [0, 0.05) is 11.5 Å². The molecule has 0 bridgehead atoms. The van der Waals surface area contributed by atoms with Crippen molar-refractivity contribution in [2.75, 3.05) is 37.9 Å². The van der Waals surface area contributed by atoms with Crippen molar-refractivity contribution in [2.45, 2.75) is 219 Å². The minimum Gasteiger partial charge on any atom is -0.748 e. The Morgan fingerprint density at radius 3 is 0.699 bits per heavy atom. The van der Waals surface area contributed by atoms with E-state index in [9.17, 15) is 45.1 Å². The van der Waals surface area contributed by atoms with Crippen LogP contribution in [0.4, 0.5) is 0 Å². The Morgan fingerprint density at radius 2 is 0.507 bits per heavy atom. The van der Waals surface area contributed by atoms with E-state index in [1.807, 2.05) is 0 Å². The van der Waals surface area contributed by atoms with Gasteiger partial charge < -0.3 is 28.1 Å². The van der Waals surface area contributed by atoms with Gasteiger partial charge in [0.05, 0.1) is 68.9 Å². The molecule has 17 heteroatoms. The van der Waals surface area contributed by atoms with Crippen LogP contribution in [0.1, 0.15) is 261 Å². The SMILES string of the molecule is CCCCCCCCCCCCCCCCOC(=O)c1ccccc1C(=O)OCCCCS(=O)(=O)[O-].CCCCCCCCCCCCCCCCOC(=O)c1ccccc1C(=O)OCCCCS(=O)(=O)[O-].[Ca+2]. The Bertz CT molecular complexity index is 1820. The number of hydrogen-bond acceptors (Lipinski definition) is 14. The summed E-state index contributed by atoms with van der Waals surface area (Å²) in [6.07, 6.45) is 35.8. The molecule has 0 atom stereocenters. The molecule has 0 saturated carbocycles. The normalized spacial score (nSPS) is 11.2. The van der Waals surface area contributed by atoms with Gasteiger partial charge in [-0.1, -0.05) is 205 Å². The Kier molecular flexibility index (Phi) is 45.0. The molecule has 0 aliphatic carbocycles. The van der Waals surface area contributed by atoms with Crippen molar-refractivity contribution in [1.82, 2.24) is 0 Å². The average Bonchev–Trinajstić information content (AvgIpc) is 3.35. The summed E-state index contributed by atoms with van der Waals surface area (Å²) in [7, 11) is -8.55. The molecule has 73 heavy (non-hydrogen) atoms. The number of carbonyl (C=O) groups is 4. The molecule has 2 aromatic carbocycles. The molecular formula is C56H90CaO14S2. The van der Waals surface area contributed by atoms with Gasteiger partial charge in [0.15, 0.2) is 0 Å². The summed E-state index contributed by atoms with van der Waals surface area (Å²) in [5, 5.41) is 0. The van der Waals surface area contributed by atoms with Crippen LogP contribution in [0.5, 0.6) is 0 Å². The first-order valence-electron chi connectivity index (χ1n) is 27.4. The summed E-state index contributed by atoms with van der Waals surface area (Å²) in [4.78, 5) is 49.6. The molecule has 14 nitrogen and oxygen atoms in total. The quantitative estimate of drug-likeness (QED) is 0.0198. The molecule has 0 radical (unpaired) electrons. The number of benzene rings is 2. The molecule has 0 saturated heterocycles. The predicted molar refractivity (Wildman–Crippen MR) is 288 cm³/mol. The summed E-state index contributed by atoms with van der Waals surface area (Å²) in [6, 6.07) is 12.6. The predicted octanol–water partition coefficient (Wildman–Crippen LogP) is 13.2. The number of ether oxygens (including phenoxy) is 4. The second-order valence-corrected chi connectivity index (χ2v) is 21.8. The van der Waals surface area contributed by atoms with E-state index in [0.717, 1.165) is 38.5 Å². The summed E-state index contributed by atoms with van der Waals surface area (Å²) >= 11 is 0. The van der Waals surface area contributed by atoms with Crippen LogP contribution < -0.4 is 0 Å². The molecule has 0 spiro atoms. The topological polar surface area (TPSA) is 220 Å². The zero-order valence-corrected chi connectivity index (χ0v) is 48.6. The second-order valence-electron chi connectivity index (χ2n) is 18.8. The second kappa shape index (κ2) is 46.7. The number of esters is 4. The van der Waals surface area contributed by atoms with E-state index in [-0.39, 0.29) is 98.9 Å². The van der Waals surface area contributed by atoms with Crippen LogP contribution in [-0.4, -0.2) is 125 Å². The Morgan fingerprint density at radius 1 is 0.329 bits per heavy atom. The minimum atomic E-state index is -4.27. The molecule has 0 aromatic heterocycles. The maximum Gasteiger partial charge on any atom is 2.00 e. The van der Waals surface area contributed by atoms with Crippen LogP contribution >= 0.6 is 0 Å².